The van der Waals surface area contributed by atoms with Crippen molar-refractivity contribution in [2.45, 2.75) is 32.1 Å². The summed E-state index contributed by atoms with van der Waals surface area (Å²) >= 11 is 6.18. The van der Waals surface area contributed by atoms with Crippen LogP contribution in [0.3, 0.4) is 0 Å². The minimum absolute atomic E-state index is 0.0995. The Morgan fingerprint density at radius 3 is 2.56 bits per heavy atom. The summed E-state index contributed by atoms with van der Waals surface area (Å²) in [7, 11) is -4.74. The Balaban J connectivity index is 1.89. The second-order valence-corrected chi connectivity index (χ2v) is 10.2. The first-order valence-electron chi connectivity index (χ1n) is 10.3. The highest BCUT2D eigenvalue weighted by Gasteiger charge is 2.37. The van der Waals surface area contributed by atoms with E-state index in [1.807, 2.05) is 4.72 Å². The quantitative estimate of drug-likeness (QED) is 0.435. The summed E-state index contributed by atoms with van der Waals surface area (Å²) in [5, 5.41) is -0.480. The average Bonchev–Trinajstić information content (AvgIpc) is 3.10. The predicted octanol–water partition coefficient (Wildman–Crippen LogP) is 4.51. The third-order valence-corrected chi connectivity index (χ3v) is 7.47. The molecule has 11 heteroatoms. The second kappa shape index (κ2) is 9.44. The molecule has 6 nitrogen and oxygen atoms in total. The fraction of sp³-hybridized carbons (Fsp3) is 0.476. The van der Waals surface area contributed by atoms with Crippen molar-refractivity contribution in [1.82, 2.24) is 9.88 Å². The Morgan fingerprint density at radius 1 is 1.25 bits per heavy atom. The van der Waals surface area contributed by atoms with E-state index in [-0.39, 0.29) is 11.1 Å². The maximum atomic E-state index is 15.0. The molecular formula is C21H26ClF3N4O2S. The molecule has 1 aliphatic rings. The highest BCUT2D eigenvalue weighted by molar-refractivity contribution is 7.92. The molecule has 1 atom stereocenters. The summed E-state index contributed by atoms with van der Waals surface area (Å²) < 4.78 is 70.3. The van der Waals surface area contributed by atoms with E-state index in [0.29, 0.717) is 13.1 Å². The number of nitrogens with zero attached hydrogens (tertiary/aromatic N) is 3. The van der Waals surface area contributed by atoms with E-state index in [4.69, 9.17) is 11.6 Å². The molecule has 0 aliphatic carbocycles. The molecular weight excluding hydrogens is 465 g/mol. The summed E-state index contributed by atoms with van der Waals surface area (Å²) in [5.74, 6) is -4.04. The molecule has 2 aromatic rings. The molecule has 1 saturated heterocycles. The number of hydrogen-bond donors (Lipinski definition) is 1. The number of halogens is 4. The van der Waals surface area contributed by atoms with Gasteiger partial charge in [0.15, 0.2) is 10.7 Å². The van der Waals surface area contributed by atoms with Crippen LogP contribution in [-0.2, 0) is 10.0 Å². The predicted molar refractivity (Wildman–Crippen MR) is 119 cm³/mol. The van der Waals surface area contributed by atoms with Crippen molar-refractivity contribution < 1.29 is 21.6 Å². The van der Waals surface area contributed by atoms with Gasteiger partial charge >= 0.3 is 0 Å². The van der Waals surface area contributed by atoms with Crippen molar-refractivity contribution in [2.24, 2.45) is 5.41 Å². The molecule has 1 aliphatic heterocycles. The molecule has 1 N–H and O–H groups in total. The Kier molecular flexibility index (Phi) is 7.26. The van der Waals surface area contributed by atoms with Crippen LogP contribution in [0.25, 0.3) is 0 Å². The zero-order valence-electron chi connectivity index (χ0n) is 18.1. The second-order valence-electron chi connectivity index (χ2n) is 8.23. The largest absolute Gasteiger partial charge is 0.370 e. The van der Waals surface area contributed by atoms with Gasteiger partial charge < -0.3 is 9.80 Å². The van der Waals surface area contributed by atoms with Crippen LogP contribution in [-0.4, -0.2) is 51.0 Å². The molecule has 0 saturated carbocycles. The molecule has 2 heterocycles. The fourth-order valence-electron chi connectivity index (χ4n) is 4.04. The van der Waals surface area contributed by atoms with Gasteiger partial charge in [-0.1, -0.05) is 38.4 Å². The number of sulfonamides is 1. The van der Waals surface area contributed by atoms with Crippen LogP contribution in [0.15, 0.2) is 29.2 Å². The van der Waals surface area contributed by atoms with Crippen molar-refractivity contribution in [3.05, 3.63) is 46.9 Å². The smallest absolute Gasteiger partial charge is 0.268 e. The number of anilines is 2. The molecule has 0 bridgehead atoms. The molecule has 0 unspecified atom stereocenters. The first-order valence-corrected chi connectivity index (χ1v) is 12.2. The highest BCUT2D eigenvalue weighted by Crippen LogP contribution is 2.40. The van der Waals surface area contributed by atoms with Crippen LogP contribution in [0.4, 0.5) is 24.7 Å². The van der Waals surface area contributed by atoms with Crippen molar-refractivity contribution in [3.63, 3.8) is 0 Å². The maximum Gasteiger partial charge on any atom is 0.268 e. The van der Waals surface area contributed by atoms with Gasteiger partial charge in [0.2, 0.25) is 5.95 Å². The van der Waals surface area contributed by atoms with E-state index >= 15 is 4.39 Å². The lowest BCUT2D eigenvalue weighted by Gasteiger charge is -2.31. The lowest BCUT2D eigenvalue weighted by atomic mass is 9.89. The Bertz CT molecular complexity index is 1100. The summed E-state index contributed by atoms with van der Waals surface area (Å²) in [6.45, 7) is 9.96. The maximum absolute atomic E-state index is 15.0. The molecule has 1 aromatic heterocycles. The van der Waals surface area contributed by atoms with Crippen LogP contribution in [0.1, 0.15) is 27.2 Å². The first-order chi connectivity index (χ1) is 15.0. The zero-order valence-corrected chi connectivity index (χ0v) is 19.7. The van der Waals surface area contributed by atoms with Gasteiger partial charge in [-0.25, -0.2) is 22.2 Å². The van der Waals surface area contributed by atoms with E-state index in [1.165, 1.54) is 6.07 Å². The topological polar surface area (TPSA) is 65.5 Å². The third-order valence-electron chi connectivity index (χ3n) is 5.72. The number of rotatable bonds is 8. The van der Waals surface area contributed by atoms with Crippen molar-refractivity contribution >= 4 is 33.1 Å². The number of pyridine rings is 1. The van der Waals surface area contributed by atoms with E-state index in [0.717, 1.165) is 44.3 Å². The molecule has 0 spiro atoms. The number of nitrogens with one attached hydrogen (secondary N) is 1. The molecule has 0 radical (unpaired) electrons. The van der Waals surface area contributed by atoms with Crippen molar-refractivity contribution in [3.8, 4) is 0 Å². The fourth-order valence-corrected chi connectivity index (χ4v) is 5.51. The van der Waals surface area contributed by atoms with Gasteiger partial charge in [-0.3, -0.25) is 4.72 Å². The highest BCUT2D eigenvalue weighted by atomic mass is 35.5. The monoisotopic (exact) mass is 490 g/mol. The van der Waals surface area contributed by atoms with Gasteiger partial charge in [0, 0.05) is 25.7 Å². The van der Waals surface area contributed by atoms with Gasteiger partial charge in [-0.05, 0) is 37.1 Å². The van der Waals surface area contributed by atoms with Gasteiger partial charge in [0.1, 0.15) is 16.7 Å². The van der Waals surface area contributed by atoms with E-state index in [9.17, 15) is 17.2 Å². The molecule has 176 valence electrons. The van der Waals surface area contributed by atoms with E-state index < -0.39 is 43.3 Å². The Labute approximate surface area is 191 Å². The zero-order chi connectivity index (χ0) is 23.7. The van der Waals surface area contributed by atoms with Gasteiger partial charge in [-0.2, -0.15) is 4.39 Å². The lowest BCUT2D eigenvalue weighted by Crippen LogP contribution is -2.38. The minimum Gasteiger partial charge on any atom is -0.370 e. The summed E-state index contributed by atoms with van der Waals surface area (Å²) in [6, 6.07) is 4.32. The summed E-state index contributed by atoms with van der Waals surface area (Å²) in [5.41, 5.74) is 0.00487. The Hall–Kier alpha value is -2.04. The number of aromatic nitrogens is 1. The number of hydrogen-bond acceptors (Lipinski definition) is 5. The van der Waals surface area contributed by atoms with Crippen molar-refractivity contribution in [1.29, 1.82) is 0 Å². The van der Waals surface area contributed by atoms with Gasteiger partial charge in [-0.15, -0.1) is 0 Å². The molecule has 0 amide bonds. The van der Waals surface area contributed by atoms with Crippen LogP contribution in [0.5, 0.6) is 0 Å². The summed E-state index contributed by atoms with van der Waals surface area (Å²) in [4.78, 5) is 6.18. The number of benzene rings is 1. The SMILES string of the molecule is CCN(CC)C[C@]1(C)CCN(c2cc(F)c(S(=O)(=O)Nc3cccc(F)n3)c(F)c2Cl)C1. The normalized spacial score (nSPS) is 19.1. The summed E-state index contributed by atoms with van der Waals surface area (Å²) in [6.07, 6.45) is 0.802. The third kappa shape index (κ3) is 5.13. The van der Waals surface area contributed by atoms with Crippen LogP contribution in [0, 0.1) is 23.0 Å². The van der Waals surface area contributed by atoms with E-state index in [2.05, 4.69) is 30.7 Å². The standard InChI is InChI=1S/C21H26ClF3N4O2S/c1-4-28(5-2)12-21(3)9-10-29(13-21)15-11-14(23)20(19(25)18(15)22)32(30,31)27-17-8-6-7-16(24)26-17/h6-8,11H,4-5,9-10,12-13H2,1-3H3,(H,26,27)/t21-/m0/s1. The van der Waals surface area contributed by atoms with Crippen LogP contribution < -0.4 is 9.62 Å². The van der Waals surface area contributed by atoms with E-state index in [1.54, 1.807) is 4.90 Å². The van der Waals surface area contributed by atoms with Crippen LogP contribution in [0.2, 0.25) is 5.02 Å². The average molecular weight is 491 g/mol. The molecule has 32 heavy (non-hydrogen) atoms. The van der Waals surface area contributed by atoms with Crippen LogP contribution >= 0.6 is 11.6 Å². The van der Waals surface area contributed by atoms with Gasteiger partial charge in [0.05, 0.1) is 5.69 Å². The molecule has 1 fully saturated rings. The van der Waals surface area contributed by atoms with Crippen molar-refractivity contribution in [2.75, 3.05) is 42.3 Å². The molecule has 3 rings (SSSR count). The Morgan fingerprint density at radius 2 is 1.94 bits per heavy atom. The lowest BCUT2D eigenvalue weighted by molar-refractivity contribution is 0.194. The van der Waals surface area contributed by atoms with Gasteiger partial charge in [0.25, 0.3) is 10.0 Å². The minimum atomic E-state index is -4.74. The molecule has 1 aromatic carbocycles. The first kappa shape index (κ1) is 24.6.